The van der Waals surface area contributed by atoms with E-state index in [9.17, 15) is 9.90 Å². The SMILES string of the molecule is Nc1cccc(C(=O)O)c1-n1nnc(-c2ccccc2)n1. The van der Waals surface area contributed by atoms with Crippen molar-refractivity contribution >= 4 is 11.7 Å². The molecular formula is C14H11N5O2. The summed E-state index contributed by atoms with van der Waals surface area (Å²) < 4.78 is 0. The van der Waals surface area contributed by atoms with Gasteiger partial charge < -0.3 is 10.8 Å². The van der Waals surface area contributed by atoms with Gasteiger partial charge in [0.25, 0.3) is 0 Å². The van der Waals surface area contributed by atoms with E-state index in [4.69, 9.17) is 5.73 Å². The second-order valence-electron chi connectivity index (χ2n) is 4.32. The van der Waals surface area contributed by atoms with Crippen LogP contribution >= 0.6 is 0 Å². The number of anilines is 1. The summed E-state index contributed by atoms with van der Waals surface area (Å²) in [4.78, 5) is 12.4. The maximum atomic E-state index is 11.3. The van der Waals surface area contributed by atoms with Gasteiger partial charge in [0.2, 0.25) is 5.82 Å². The van der Waals surface area contributed by atoms with Crippen molar-refractivity contribution in [2.24, 2.45) is 0 Å². The van der Waals surface area contributed by atoms with Crippen LogP contribution in [-0.2, 0) is 0 Å². The van der Waals surface area contributed by atoms with Crippen molar-refractivity contribution in [2.45, 2.75) is 0 Å². The third-order valence-electron chi connectivity index (χ3n) is 2.94. The molecule has 3 aromatic rings. The zero-order chi connectivity index (χ0) is 14.8. The van der Waals surface area contributed by atoms with Gasteiger partial charge in [0, 0.05) is 5.56 Å². The van der Waals surface area contributed by atoms with Crippen LogP contribution in [0.1, 0.15) is 10.4 Å². The van der Waals surface area contributed by atoms with E-state index >= 15 is 0 Å². The Labute approximate surface area is 119 Å². The number of nitrogens with two attached hydrogens (primary N) is 1. The van der Waals surface area contributed by atoms with Gasteiger partial charge in [-0.15, -0.1) is 15.0 Å². The standard InChI is InChI=1S/C14H11N5O2/c15-11-8-4-7-10(14(20)21)12(11)19-17-13(16-18-19)9-5-2-1-3-6-9/h1-8H,15H2,(H,20,21). The molecule has 3 rings (SSSR count). The van der Waals surface area contributed by atoms with E-state index in [-0.39, 0.29) is 16.9 Å². The van der Waals surface area contributed by atoms with Crippen LogP contribution in [-0.4, -0.2) is 31.3 Å². The Morgan fingerprint density at radius 1 is 1.10 bits per heavy atom. The average Bonchev–Trinajstić information content (AvgIpc) is 2.97. The zero-order valence-electron chi connectivity index (χ0n) is 10.8. The molecule has 0 aliphatic heterocycles. The third-order valence-corrected chi connectivity index (χ3v) is 2.94. The highest BCUT2D eigenvalue weighted by atomic mass is 16.4. The summed E-state index contributed by atoms with van der Waals surface area (Å²) in [5.41, 5.74) is 7.13. The van der Waals surface area contributed by atoms with Crippen molar-refractivity contribution in [3.8, 4) is 17.1 Å². The Bertz CT molecular complexity index is 798. The number of aromatic carboxylic acids is 1. The first-order valence-electron chi connectivity index (χ1n) is 6.14. The van der Waals surface area contributed by atoms with Crippen molar-refractivity contribution in [3.05, 3.63) is 54.1 Å². The van der Waals surface area contributed by atoms with Gasteiger partial charge in [-0.2, -0.15) is 0 Å². The van der Waals surface area contributed by atoms with Gasteiger partial charge in [0.05, 0.1) is 11.3 Å². The van der Waals surface area contributed by atoms with E-state index in [0.29, 0.717) is 5.82 Å². The number of carbonyl (C=O) groups is 1. The summed E-state index contributed by atoms with van der Waals surface area (Å²) in [6, 6.07) is 13.9. The Balaban J connectivity index is 2.11. The van der Waals surface area contributed by atoms with Gasteiger partial charge in [-0.05, 0) is 17.3 Å². The first kappa shape index (κ1) is 12.8. The molecule has 7 heteroatoms. The molecule has 0 aliphatic rings. The number of hydrogen-bond acceptors (Lipinski definition) is 5. The fourth-order valence-electron chi connectivity index (χ4n) is 1.97. The molecule has 0 spiro atoms. The van der Waals surface area contributed by atoms with Crippen LogP contribution in [0.4, 0.5) is 5.69 Å². The molecule has 7 nitrogen and oxygen atoms in total. The number of carboxylic acid groups (broad SMARTS) is 1. The van der Waals surface area contributed by atoms with Crippen LogP contribution in [0.3, 0.4) is 0 Å². The molecule has 0 saturated heterocycles. The molecule has 0 amide bonds. The minimum absolute atomic E-state index is 0.0204. The summed E-state index contributed by atoms with van der Waals surface area (Å²) in [6.07, 6.45) is 0. The van der Waals surface area contributed by atoms with E-state index in [2.05, 4.69) is 15.4 Å². The molecule has 3 N–H and O–H groups in total. The van der Waals surface area contributed by atoms with Gasteiger partial charge >= 0.3 is 5.97 Å². The number of carboxylic acids is 1. The van der Waals surface area contributed by atoms with Crippen LogP contribution in [0.25, 0.3) is 17.1 Å². The predicted octanol–water partition coefficient (Wildman–Crippen LogP) is 1.61. The minimum Gasteiger partial charge on any atom is -0.478 e. The number of hydrogen-bond donors (Lipinski definition) is 2. The molecule has 0 fully saturated rings. The molecule has 0 saturated carbocycles. The highest BCUT2D eigenvalue weighted by Gasteiger charge is 2.17. The fourth-order valence-corrected chi connectivity index (χ4v) is 1.97. The summed E-state index contributed by atoms with van der Waals surface area (Å²) in [7, 11) is 0. The van der Waals surface area contributed by atoms with Crippen LogP contribution in [0.2, 0.25) is 0 Å². The number of benzene rings is 2. The zero-order valence-corrected chi connectivity index (χ0v) is 10.8. The van der Waals surface area contributed by atoms with Crippen LogP contribution in [0.5, 0.6) is 0 Å². The number of aromatic nitrogens is 4. The predicted molar refractivity (Wildman–Crippen MR) is 76.0 cm³/mol. The van der Waals surface area contributed by atoms with Crippen molar-refractivity contribution in [1.82, 2.24) is 20.2 Å². The molecular weight excluding hydrogens is 270 g/mol. The second-order valence-corrected chi connectivity index (χ2v) is 4.32. The highest BCUT2D eigenvalue weighted by Crippen LogP contribution is 2.22. The number of nitrogens with zero attached hydrogens (tertiary/aromatic N) is 4. The lowest BCUT2D eigenvalue weighted by Gasteiger charge is -2.06. The van der Waals surface area contributed by atoms with E-state index in [1.54, 1.807) is 12.1 Å². The molecule has 0 bridgehead atoms. The third kappa shape index (κ3) is 2.32. The lowest BCUT2D eigenvalue weighted by molar-refractivity contribution is 0.0696. The second kappa shape index (κ2) is 5.04. The largest absolute Gasteiger partial charge is 0.478 e. The van der Waals surface area contributed by atoms with E-state index < -0.39 is 5.97 Å². The first-order valence-corrected chi connectivity index (χ1v) is 6.14. The molecule has 21 heavy (non-hydrogen) atoms. The van der Waals surface area contributed by atoms with Gasteiger partial charge in [-0.25, -0.2) is 4.79 Å². The van der Waals surface area contributed by atoms with Gasteiger partial charge in [-0.1, -0.05) is 36.4 Å². The lowest BCUT2D eigenvalue weighted by Crippen LogP contribution is -2.11. The topological polar surface area (TPSA) is 107 Å². The average molecular weight is 281 g/mol. The maximum Gasteiger partial charge on any atom is 0.338 e. The van der Waals surface area contributed by atoms with Crippen molar-refractivity contribution in [2.75, 3.05) is 5.73 Å². The summed E-state index contributed by atoms with van der Waals surface area (Å²) in [6.45, 7) is 0. The molecule has 1 heterocycles. The van der Waals surface area contributed by atoms with Crippen LogP contribution in [0, 0.1) is 0 Å². The fraction of sp³-hybridized carbons (Fsp3) is 0. The Kier molecular flexibility index (Phi) is 3.07. The Morgan fingerprint density at radius 2 is 1.86 bits per heavy atom. The summed E-state index contributed by atoms with van der Waals surface area (Å²) in [5.74, 6) is -0.703. The normalized spacial score (nSPS) is 10.5. The number of nitrogen functional groups attached to an aromatic ring is 1. The molecule has 104 valence electrons. The molecule has 0 radical (unpaired) electrons. The highest BCUT2D eigenvalue weighted by molar-refractivity contribution is 5.94. The number of tetrazole rings is 1. The molecule has 0 aliphatic carbocycles. The molecule has 0 unspecified atom stereocenters. The number of para-hydroxylation sites is 1. The van der Waals surface area contributed by atoms with Crippen molar-refractivity contribution in [3.63, 3.8) is 0 Å². The molecule has 1 aromatic heterocycles. The van der Waals surface area contributed by atoms with Crippen molar-refractivity contribution < 1.29 is 9.90 Å². The van der Waals surface area contributed by atoms with Crippen LogP contribution < -0.4 is 5.73 Å². The van der Waals surface area contributed by atoms with Gasteiger partial charge in [0.1, 0.15) is 5.69 Å². The lowest BCUT2D eigenvalue weighted by atomic mass is 10.1. The Hall–Kier alpha value is -3.22. The van der Waals surface area contributed by atoms with Crippen molar-refractivity contribution in [1.29, 1.82) is 0 Å². The smallest absolute Gasteiger partial charge is 0.338 e. The quantitative estimate of drug-likeness (QED) is 0.706. The molecule has 0 atom stereocenters. The monoisotopic (exact) mass is 281 g/mol. The summed E-state index contributed by atoms with van der Waals surface area (Å²) in [5, 5.41) is 21.3. The van der Waals surface area contributed by atoms with E-state index in [1.807, 2.05) is 30.3 Å². The molecule has 2 aromatic carbocycles. The van der Waals surface area contributed by atoms with E-state index in [0.717, 1.165) is 10.4 Å². The Morgan fingerprint density at radius 3 is 2.57 bits per heavy atom. The first-order chi connectivity index (χ1) is 10.2. The van der Waals surface area contributed by atoms with Gasteiger partial charge in [0.15, 0.2) is 0 Å². The van der Waals surface area contributed by atoms with E-state index in [1.165, 1.54) is 6.07 Å². The maximum absolute atomic E-state index is 11.3. The number of rotatable bonds is 3. The van der Waals surface area contributed by atoms with Crippen LogP contribution in [0.15, 0.2) is 48.5 Å². The minimum atomic E-state index is -1.10. The van der Waals surface area contributed by atoms with Gasteiger partial charge in [-0.3, -0.25) is 0 Å². The summed E-state index contributed by atoms with van der Waals surface area (Å²) >= 11 is 0.